The molecule has 1 atom stereocenters. The predicted molar refractivity (Wildman–Crippen MR) is 129 cm³/mol. The van der Waals surface area contributed by atoms with Crippen molar-refractivity contribution in [3.63, 3.8) is 0 Å². The van der Waals surface area contributed by atoms with E-state index in [1.165, 1.54) is 24.5 Å². The van der Waals surface area contributed by atoms with Crippen molar-refractivity contribution in [2.24, 2.45) is 0 Å². The van der Waals surface area contributed by atoms with E-state index in [-0.39, 0.29) is 17.4 Å². The fraction of sp³-hybridized carbons (Fsp3) is 0.423. The van der Waals surface area contributed by atoms with Gasteiger partial charge in [-0.05, 0) is 56.0 Å². The summed E-state index contributed by atoms with van der Waals surface area (Å²) in [5, 5.41) is 14.7. The molecule has 180 valence electrons. The first kappa shape index (κ1) is 24.0. The Kier molecular flexibility index (Phi) is 7.70. The van der Waals surface area contributed by atoms with Crippen LogP contribution in [0.1, 0.15) is 54.0 Å². The Balaban J connectivity index is 1.76. The van der Waals surface area contributed by atoms with Crippen molar-refractivity contribution >= 4 is 0 Å². The molecule has 4 rings (SSSR count). The number of hydrogen-bond donors (Lipinski definition) is 1. The molecule has 3 aromatic rings. The van der Waals surface area contributed by atoms with Crippen LogP contribution < -0.4 is 15.6 Å². The van der Waals surface area contributed by atoms with Gasteiger partial charge in [0.25, 0.3) is 5.56 Å². The van der Waals surface area contributed by atoms with Crippen LogP contribution >= 0.6 is 0 Å². The Morgan fingerprint density at radius 3 is 2.59 bits per heavy atom. The Morgan fingerprint density at radius 2 is 1.91 bits per heavy atom. The van der Waals surface area contributed by atoms with Crippen LogP contribution in [0.2, 0.25) is 0 Å². The summed E-state index contributed by atoms with van der Waals surface area (Å²) in [5.74, 6) is 0.457. The van der Waals surface area contributed by atoms with E-state index in [2.05, 4.69) is 17.1 Å². The van der Waals surface area contributed by atoms with Crippen LogP contribution in [0.25, 0.3) is 0 Å². The zero-order valence-electron chi connectivity index (χ0n) is 19.8. The van der Waals surface area contributed by atoms with Crippen molar-refractivity contribution in [1.82, 2.24) is 19.8 Å². The average molecular weight is 466 g/mol. The number of halogens is 1. The monoisotopic (exact) mass is 465 g/mol. The zero-order valence-corrected chi connectivity index (χ0v) is 19.8. The van der Waals surface area contributed by atoms with Crippen LogP contribution in [-0.4, -0.2) is 34.6 Å². The second kappa shape index (κ2) is 10.9. The lowest BCUT2D eigenvalue weighted by Crippen LogP contribution is -2.39. The fourth-order valence-corrected chi connectivity index (χ4v) is 4.71. The minimum atomic E-state index is -0.296. The van der Waals surface area contributed by atoms with E-state index in [0.717, 1.165) is 71.7 Å². The van der Waals surface area contributed by atoms with Crippen LogP contribution in [0.15, 0.2) is 53.6 Å². The van der Waals surface area contributed by atoms with Gasteiger partial charge in [0.05, 0.1) is 18.3 Å². The summed E-state index contributed by atoms with van der Waals surface area (Å²) in [6.45, 7) is 4.62. The van der Waals surface area contributed by atoms with E-state index in [1.807, 2.05) is 19.2 Å². The van der Waals surface area contributed by atoms with Crippen molar-refractivity contribution in [1.29, 1.82) is 0 Å². The summed E-state index contributed by atoms with van der Waals surface area (Å²) in [5.41, 5.74) is 3.63. The van der Waals surface area contributed by atoms with Crippen LogP contribution in [-0.2, 0) is 25.9 Å². The Bertz CT molecular complexity index is 1160. The maximum Gasteiger partial charge on any atom is 0.257 e. The number of nitrogens with zero attached hydrogens (tertiary/aromatic N) is 4. The zero-order chi connectivity index (χ0) is 24.1. The van der Waals surface area contributed by atoms with Gasteiger partial charge in [-0.1, -0.05) is 19.1 Å². The Labute approximate surface area is 199 Å². The van der Waals surface area contributed by atoms with E-state index < -0.39 is 0 Å². The molecule has 8 heteroatoms. The fourth-order valence-electron chi connectivity index (χ4n) is 4.71. The number of rotatable bonds is 10. The Morgan fingerprint density at radius 1 is 1.18 bits per heavy atom. The smallest absolute Gasteiger partial charge is 0.257 e. The van der Waals surface area contributed by atoms with Crippen LogP contribution in [0, 0.1) is 11.0 Å². The molecular weight excluding hydrogens is 433 g/mol. The molecule has 1 unspecified atom stereocenters. The standard InChI is InChI=1S/C26H32FN5O2/c1-3-24(30(16-13-28-2)17-20-11-14-31(34)15-12-20)25-29-23-6-4-5-22(23)26(33)32(25)18-19-7-9-21(27)10-8-19/h7-12,14-15,24,28H,3-6,13,16-18H2,1-2H3. The van der Waals surface area contributed by atoms with E-state index in [9.17, 15) is 14.4 Å². The molecule has 1 aliphatic rings. The molecule has 2 heterocycles. The topological polar surface area (TPSA) is 77.1 Å². The molecule has 0 amide bonds. The maximum absolute atomic E-state index is 13.6. The molecular formula is C26H32FN5O2. The van der Waals surface area contributed by atoms with Crippen molar-refractivity contribution in [3.8, 4) is 0 Å². The van der Waals surface area contributed by atoms with Gasteiger partial charge < -0.3 is 10.5 Å². The van der Waals surface area contributed by atoms with Crippen LogP contribution in [0.4, 0.5) is 4.39 Å². The summed E-state index contributed by atoms with van der Waals surface area (Å²) in [6.07, 6.45) is 6.30. The molecule has 0 saturated heterocycles. The van der Waals surface area contributed by atoms with Crippen molar-refractivity contribution in [3.05, 3.63) is 98.4 Å². The molecule has 1 aliphatic carbocycles. The summed E-state index contributed by atoms with van der Waals surface area (Å²) in [6, 6.07) is 9.86. The number of benzene rings is 1. The number of aromatic nitrogens is 3. The molecule has 0 bridgehead atoms. The van der Waals surface area contributed by atoms with Gasteiger partial charge in [-0.25, -0.2) is 9.37 Å². The highest BCUT2D eigenvalue weighted by Gasteiger charge is 2.28. The third kappa shape index (κ3) is 5.34. The maximum atomic E-state index is 13.6. The summed E-state index contributed by atoms with van der Waals surface area (Å²) < 4.78 is 16.1. The third-order valence-electron chi connectivity index (χ3n) is 6.50. The highest BCUT2D eigenvalue weighted by Crippen LogP contribution is 2.27. The molecule has 0 saturated carbocycles. The van der Waals surface area contributed by atoms with Gasteiger partial charge in [0, 0.05) is 37.3 Å². The second-order valence-corrected chi connectivity index (χ2v) is 8.83. The first-order valence-electron chi connectivity index (χ1n) is 11.9. The lowest BCUT2D eigenvalue weighted by molar-refractivity contribution is -0.605. The lowest BCUT2D eigenvalue weighted by atomic mass is 10.1. The van der Waals surface area contributed by atoms with Crippen LogP contribution in [0.5, 0.6) is 0 Å². The molecule has 7 nitrogen and oxygen atoms in total. The van der Waals surface area contributed by atoms with Crippen molar-refractivity contribution < 1.29 is 9.12 Å². The quantitative estimate of drug-likeness (QED) is 0.368. The molecule has 0 aliphatic heterocycles. The minimum absolute atomic E-state index is 0.0148. The highest BCUT2D eigenvalue weighted by atomic mass is 19.1. The van der Waals surface area contributed by atoms with Gasteiger partial charge in [-0.15, -0.1) is 0 Å². The van der Waals surface area contributed by atoms with Gasteiger partial charge >= 0.3 is 0 Å². The second-order valence-electron chi connectivity index (χ2n) is 8.83. The van der Waals surface area contributed by atoms with E-state index >= 15 is 0 Å². The van der Waals surface area contributed by atoms with Gasteiger partial charge in [-0.3, -0.25) is 14.3 Å². The molecule has 0 spiro atoms. The van der Waals surface area contributed by atoms with Crippen molar-refractivity contribution in [2.75, 3.05) is 20.1 Å². The number of hydrogen-bond acceptors (Lipinski definition) is 5. The van der Waals surface area contributed by atoms with Gasteiger partial charge in [-0.2, -0.15) is 4.73 Å². The highest BCUT2D eigenvalue weighted by molar-refractivity contribution is 5.26. The molecule has 0 radical (unpaired) electrons. The number of aryl methyl sites for hydroxylation is 1. The largest absolute Gasteiger partial charge is 0.619 e. The first-order chi connectivity index (χ1) is 16.5. The molecule has 34 heavy (non-hydrogen) atoms. The minimum Gasteiger partial charge on any atom is -0.619 e. The molecule has 1 aromatic carbocycles. The lowest BCUT2D eigenvalue weighted by Gasteiger charge is -2.32. The number of nitrogens with one attached hydrogen (secondary N) is 1. The number of likely N-dealkylation sites (N-methyl/N-ethyl adjacent to an activating group) is 1. The van der Waals surface area contributed by atoms with Gasteiger partial charge in [0.15, 0.2) is 12.4 Å². The summed E-state index contributed by atoms with van der Waals surface area (Å²) in [7, 11) is 1.92. The average Bonchev–Trinajstić information content (AvgIpc) is 3.31. The van der Waals surface area contributed by atoms with E-state index in [4.69, 9.17) is 4.98 Å². The van der Waals surface area contributed by atoms with Crippen LogP contribution in [0.3, 0.4) is 0 Å². The summed E-state index contributed by atoms with van der Waals surface area (Å²) >= 11 is 0. The first-order valence-corrected chi connectivity index (χ1v) is 11.9. The Hall–Kier alpha value is -3.10. The van der Waals surface area contributed by atoms with Gasteiger partial charge in [0.1, 0.15) is 11.6 Å². The normalized spacial score (nSPS) is 13.9. The molecule has 2 aromatic heterocycles. The number of pyridine rings is 1. The third-order valence-corrected chi connectivity index (χ3v) is 6.50. The van der Waals surface area contributed by atoms with E-state index in [1.54, 1.807) is 16.7 Å². The molecule has 0 fully saturated rings. The predicted octanol–water partition coefficient (Wildman–Crippen LogP) is 2.73. The SMILES string of the molecule is CCC(c1nc2c(c(=O)n1Cc1ccc(F)cc1)CCC2)N(CCNC)Cc1cc[n+]([O-])cc1. The van der Waals surface area contributed by atoms with E-state index in [0.29, 0.717) is 13.1 Å². The molecule has 1 N–H and O–H groups in total. The van der Waals surface area contributed by atoms with Gasteiger partial charge in [0.2, 0.25) is 0 Å². The van der Waals surface area contributed by atoms with Crippen molar-refractivity contribution in [2.45, 2.75) is 51.7 Å². The number of fused-ring (bicyclic) bond motifs is 1. The summed E-state index contributed by atoms with van der Waals surface area (Å²) in [4.78, 5) is 21.0.